The molecule has 0 N–H and O–H groups in total. The molecule has 0 unspecified atom stereocenters. The Kier molecular flexibility index (Phi) is 5.46. The minimum atomic E-state index is -0.410. The van der Waals surface area contributed by atoms with Crippen molar-refractivity contribution in [1.29, 1.82) is 0 Å². The van der Waals surface area contributed by atoms with E-state index < -0.39 is 5.41 Å². The highest BCUT2D eigenvalue weighted by Gasteiger charge is 2.53. The molecule has 5 rings (SSSR count). The predicted molar refractivity (Wildman–Crippen MR) is 117 cm³/mol. The first-order chi connectivity index (χ1) is 15.7. The number of benzene rings is 1. The third-order valence-electron chi connectivity index (χ3n) is 6.62. The lowest BCUT2D eigenvalue weighted by Crippen LogP contribution is -2.42. The van der Waals surface area contributed by atoms with Crippen molar-refractivity contribution < 1.29 is 18.7 Å². The number of fused-ring (bicyclic) bond motifs is 1. The van der Waals surface area contributed by atoms with Crippen molar-refractivity contribution in [1.82, 2.24) is 19.7 Å². The topological polar surface area (TPSA) is 82.6 Å². The first-order valence-corrected chi connectivity index (χ1v) is 11.1. The molecule has 32 heavy (non-hydrogen) atoms. The Balaban J connectivity index is 1.41. The normalized spacial score (nSPS) is 16.6. The van der Waals surface area contributed by atoms with Gasteiger partial charge in [-0.3, -0.25) is 9.48 Å². The van der Waals surface area contributed by atoms with E-state index in [0.29, 0.717) is 25.4 Å². The summed E-state index contributed by atoms with van der Waals surface area (Å²) < 4.78 is 17.7. The van der Waals surface area contributed by atoms with Crippen LogP contribution in [0.2, 0.25) is 0 Å². The molecule has 1 fully saturated rings. The largest absolute Gasteiger partial charge is 0.497 e. The van der Waals surface area contributed by atoms with E-state index in [1.165, 1.54) is 12.1 Å². The summed E-state index contributed by atoms with van der Waals surface area (Å²) in [5.74, 6) is 1.00. The van der Waals surface area contributed by atoms with Crippen molar-refractivity contribution in [3.05, 3.63) is 53.7 Å². The lowest BCUT2D eigenvalue weighted by atomic mass is 9.92. The Morgan fingerprint density at radius 3 is 2.69 bits per heavy atom. The fourth-order valence-electron chi connectivity index (χ4n) is 4.71. The van der Waals surface area contributed by atoms with Gasteiger partial charge in [0.25, 0.3) is 0 Å². The molecular weight excluding hydrogens is 408 g/mol. The maximum Gasteiger partial charge on any atom is 0.233 e. The van der Waals surface area contributed by atoms with E-state index in [1.54, 1.807) is 20.5 Å². The highest BCUT2D eigenvalue weighted by molar-refractivity contribution is 5.91. The average molecular weight is 437 g/mol. The molecule has 1 aromatic carbocycles. The lowest BCUT2D eigenvalue weighted by molar-refractivity contribution is -0.134. The number of rotatable bonds is 8. The fourth-order valence-corrected chi connectivity index (χ4v) is 4.71. The molecule has 0 spiro atoms. The van der Waals surface area contributed by atoms with Gasteiger partial charge < -0.3 is 18.8 Å². The molecular formula is C24H28N4O4. The monoisotopic (exact) mass is 436 g/mol. The number of nitrogens with zero attached hydrogens (tertiary/aromatic N) is 4. The fraction of sp³-hybridized carbons (Fsp3) is 0.458. The van der Waals surface area contributed by atoms with Gasteiger partial charge in [0.1, 0.15) is 23.4 Å². The van der Waals surface area contributed by atoms with Gasteiger partial charge in [0, 0.05) is 51.0 Å². The molecule has 1 aliphatic heterocycles. The molecule has 0 saturated heterocycles. The van der Waals surface area contributed by atoms with Crippen LogP contribution in [0, 0.1) is 0 Å². The van der Waals surface area contributed by atoms with Gasteiger partial charge in [-0.2, -0.15) is 5.10 Å². The molecule has 1 saturated carbocycles. The molecule has 2 aliphatic rings. The molecule has 0 bridgehead atoms. The number of hydrogen-bond acceptors (Lipinski definition) is 6. The van der Waals surface area contributed by atoms with Gasteiger partial charge in [0.15, 0.2) is 6.39 Å². The smallest absolute Gasteiger partial charge is 0.233 e. The molecule has 168 valence electrons. The van der Waals surface area contributed by atoms with Gasteiger partial charge in [-0.25, -0.2) is 4.98 Å². The van der Waals surface area contributed by atoms with Gasteiger partial charge in [0.05, 0.1) is 12.5 Å². The van der Waals surface area contributed by atoms with E-state index in [9.17, 15) is 4.79 Å². The van der Waals surface area contributed by atoms with Crippen molar-refractivity contribution in [3.8, 4) is 17.1 Å². The van der Waals surface area contributed by atoms with Crippen molar-refractivity contribution in [3.63, 3.8) is 0 Å². The van der Waals surface area contributed by atoms with Gasteiger partial charge in [-0.1, -0.05) is 12.1 Å². The van der Waals surface area contributed by atoms with Crippen LogP contribution in [0.5, 0.6) is 5.75 Å². The first kappa shape index (κ1) is 20.8. The maximum absolute atomic E-state index is 13.7. The third kappa shape index (κ3) is 3.58. The summed E-state index contributed by atoms with van der Waals surface area (Å²) >= 11 is 0. The number of oxazole rings is 1. The average Bonchev–Trinajstić information content (AvgIpc) is 3.30. The van der Waals surface area contributed by atoms with Gasteiger partial charge >= 0.3 is 0 Å². The summed E-state index contributed by atoms with van der Waals surface area (Å²) in [4.78, 5) is 20.0. The van der Waals surface area contributed by atoms with E-state index in [0.717, 1.165) is 54.8 Å². The number of amides is 1. The van der Waals surface area contributed by atoms with Gasteiger partial charge in [-0.05, 0) is 37.0 Å². The molecule has 1 amide bonds. The number of ether oxygens (including phenoxy) is 2. The van der Waals surface area contributed by atoms with Crippen LogP contribution in [0.3, 0.4) is 0 Å². The summed E-state index contributed by atoms with van der Waals surface area (Å²) in [5.41, 5.74) is 4.42. The summed E-state index contributed by atoms with van der Waals surface area (Å²) in [6.45, 7) is 2.69. The van der Waals surface area contributed by atoms with E-state index in [1.807, 2.05) is 29.2 Å². The molecule has 8 nitrogen and oxygen atoms in total. The quantitative estimate of drug-likeness (QED) is 0.505. The highest BCUT2D eigenvalue weighted by atomic mass is 16.5. The Morgan fingerprint density at radius 2 is 2.03 bits per heavy atom. The van der Waals surface area contributed by atoms with Crippen LogP contribution in [0.4, 0.5) is 0 Å². The van der Waals surface area contributed by atoms with Crippen LogP contribution >= 0.6 is 0 Å². The van der Waals surface area contributed by atoms with E-state index in [4.69, 9.17) is 19.0 Å². The van der Waals surface area contributed by atoms with Gasteiger partial charge in [-0.15, -0.1) is 0 Å². The van der Waals surface area contributed by atoms with Crippen molar-refractivity contribution in [2.24, 2.45) is 0 Å². The van der Waals surface area contributed by atoms with E-state index in [-0.39, 0.29) is 5.91 Å². The van der Waals surface area contributed by atoms with Crippen LogP contribution in [0.25, 0.3) is 11.4 Å². The molecule has 1 aliphatic carbocycles. The van der Waals surface area contributed by atoms with Crippen LogP contribution in [0.15, 0.2) is 41.3 Å². The summed E-state index contributed by atoms with van der Waals surface area (Å²) in [6.07, 6.45) is 6.45. The second-order valence-corrected chi connectivity index (χ2v) is 8.50. The van der Waals surface area contributed by atoms with Crippen molar-refractivity contribution >= 4 is 5.91 Å². The minimum Gasteiger partial charge on any atom is -0.497 e. The van der Waals surface area contributed by atoms with Crippen LogP contribution in [0.1, 0.15) is 36.1 Å². The summed E-state index contributed by atoms with van der Waals surface area (Å²) in [7, 11) is 3.36. The molecule has 0 atom stereocenters. The standard InChI is InChI=1S/C24H28N4O4/c1-30-13-3-11-28-21-8-12-27(14-19(21)22(26-28)20-15-32-16-25-20)23(29)24(9-10-24)17-4-6-18(31-2)7-5-17/h4-7,15-16H,3,8-14H2,1-2H3. The highest BCUT2D eigenvalue weighted by Crippen LogP contribution is 2.50. The Hall–Kier alpha value is -3.13. The first-order valence-electron chi connectivity index (χ1n) is 11.1. The second-order valence-electron chi connectivity index (χ2n) is 8.50. The van der Waals surface area contributed by atoms with Crippen LogP contribution < -0.4 is 4.74 Å². The zero-order valence-corrected chi connectivity index (χ0v) is 18.5. The van der Waals surface area contributed by atoms with Crippen molar-refractivity contribution in [2.45, 2.75) is 44.2 Å². The van der Waals surface area contributed by atoms with Crippen LogP contribution in [-0.4, -0.2) is 52.9 Å². The van der Waals surface area contributed by atoms with Crippen LogP contribution in [-0.2, 0) is 34.5 Å². The lowest BCUT2D eigenvalue weighted by Gasteiger charge is -2.31. The molecule has 3 aromatic rings. The van der Waals surface area contributed by atoms with Crippen molar-refractivity contribution in [2.75, 3.05) is 27.4 Å². The minimum absolute atomic E-state index is 0.201. The van der Waals surface area contributed by atoms with E-state index in [2.05, 4.69) is 9.67 Å². The Bertz CT molecular complexity index is 1080. The number of aryl methyl sites for hydroxylation is 1. The molecule has 2 aromatic heterocycles. The number of carbonyl (C=O) groups is 1. The number of aromatic nitrogens is 3. The zero-order chi connectivity index (χ0) is 22.1. The third-order valence-corrected chi connectivity index (χ3v) is 6.62. The van der Waals surface area contributed by atoms with Gasteiger partial charge in [0.2, 0.25) is 5.91 Å². The second kappa shape index (κ2) is 8.43. The SMILES string of the molecule is COCCCn1nc(-c2cocn2)c2c1CCN(C(=O)C1(c3ccc(OC)cc3)CC1)C2. The zero-order valence-electron chi connectivity index (χ0n) is 18.5. The maximum atomic E-state index is 13.7. The molecule has 8 heteroatoms. The summed E-state index contributed by atoms with van der Waals surface area (Å²) in [5, 5.41) is 4.84. The molecule has 0 radical (unpaired) electrons. The number of hydrogen-bond donors (Lipinski definition) is 0. The molecule has 3 heterocycles. The Labute approximate surface area is 187 Å². The Morgan fingerprint density at radius 1 is 1.22 bits per heavy atom. The number of carbonyl (C=O) groups excluding carboxylic acids is 1. The summed E-state index contributed by atoms with van der Waals surface area (Å²) in [6, 6.07) is 7.91. The van der Waals surface area contributed by atoms with E-state index >= 15 is 0 Å². The number of methoxy groups -OCH3 is 2. The predicted octanol–water partition coefficient (Wildman–Crippen LogP) is 3.20.